The summed E-state index contributed by atoms with van der Waals surface area (Å²) in [5.41, 5.74) is 1.81. The molecule has 0 aliphatic carbocycles. The molecule has 5 rings (SSSR count). The highest BCUT2D eigenvalue weighted by Crippen LogP contribution is 2.42. The van der Waals surface area contributed by atoms with Gasteiger partial charge in [-0.15, -0.1) is 0 Å². The van der Waals surface area contributed by atoms with Crippen molar-refractivity contribution in [1.29, 1.82) is 0 Å². The summed E-state index contributed by atoms with van der Waals surface area (Å²) in [5, 5.41) is 21.9. The van der Waals surface area contributed by atoms with Gasteiger partial charge < -0.3 is 29.2 Å². The van der Waals surface area contributed by atoms with Crippen LogP contribution in [-0.2, 0) is 24.5 Å². The van der Waals surface area contributed by atoms with E-state index in [1.807, 2.05) is 91.0 Å². The van der Waals surface area contributed by atoms with E-state index in [0.29, 0.717) is 0 Å². The molecule has 0 unspecified atom stereocenters. The Bertz CT molecular complexity index is 975. The number of aliphatic hydroxyl groups excluding tert-OH is 2. The number of benzene rings is 3. The molecular formula is C28H30O6. The van der Waals surface area contributed by atoms with Crippen molar-refractivity contribution in [2.75, 3.05) is 6.61 Å². The van der Waals surface area contributed by atoms with E-state index in [4.69, 9.17) is 18.9 Å². The summed E-state index contributed by atoms with van der Waals surface area (Å²) in [6, 6.07) is 29.8. The van der Waals surface area contributed by atoms with Crippen LogP contribution in [0.2, 0.25) is 0 Å². The maximum absolute atomic E-state index is 11.1. The van der Waals surface area contributed by atoms with E-state index < -0.39 is 42.1 Å². The van der Waals surface area contributed by atoms with E-state index in [2.05, 4.69) is 0 Å². The summed E-state index contributed by atoms with van der Waals surface area (Å²) in [4.78, 5) is 0. The molecule has 0 radical (unpaired) electrons. The zero-order valence-corrected chi connectivity index (χ0v) is 19.3. The molecule has 0 bridgehead atoms. The fourth-order valence-corrected chi connectivity index (χ4v) is 4.91. The fourth-order valence-electron chi connectivity index (χ4n) is 4.91. The molecule has 2 aliphatic rings. The van der Waals surface area contributed by atoms with Crippen LogP contribution in [0, 0.1) is 0 Å². The minimum absolute atomic E-state index is 0.0801. The third-order valence-corrected chi connectivity index (χ3v) is 6.44. The van der Waals surface area contributed by atoms with Gasteiger partial charge in [0.2, 0.25) is 0 Å². The molecule has 0 saturated carbocycles. The van der Waals surface area contributed by atoms with Crippen LogP contribution in [-0.4, -0.2) is 53.3 Å². The predicted molar refractivity (Wildman–Crippen MR) is 126 cm³/mol. The summed E-state index contributed by atoms with van der Waals surface area (Å²) >= 11 is 0. The first-order chi connectivity index (χ1) is 16.4. The molecule has 0 spiro atoms. The number of rotatable bonds is 7. The largest absolute Gasteiger partial charge is 0.388 e. The van der Waals surface area contributed by atoms with Crippen molar-refractivity contribution >= 4 is 0 Å². The van der Waals surface area contributed by atoms with E-state index in [9.17, 15) is 10.2 Å². The summed E-state index contributed by atoms with van der Waals surface area (Å²) in [6.07, 6.45) is -4.42. The Morgan fingerprint density at radius 2 is 1.29 bits per heavy atom. The molecule has 6 nitrogen and oxygen atoms in total. The zero-order chi connectivity index (χ0) is 23.8. The van der Waals surface area contributed by atoms with Gasteiger partial charge in [0.25, 0.3) is 0 Å². The molecule has 2 N–H and O–H groups in total. The Labute approximate surface area is 199 Å². The molecule has 0 aromatic heterocycles. The maximum Gasteiger partial charge on any atom is 0.190 e. The Balaban J connectivity index is 1.46. The molecule has 34 heavy (non-hydrogen) atoms. The van der Waals surface area contributed by atoms with Gasteiger partial charge >= 0.3 is 0 Å². The molecule has 2 aliphatic heterocycles. The van der Waals surface area contributed by atoms with Crippen LogP contribution in [0.15, 0.2) is 91.0 Å². The normalized spacial score (nSPS) is 26.8. The van der Waals surface area contributed by atoms with E-state index in [0.717, 1.165) is 16.7 Å². The lowest BCUT2D eigenvalue weighted by Gasteiger charge is -2.37. The van der Waals surface area contributed by atoms with E-state index >= 15 is 0 Å². The Morgan fingerprint density at radius 3 is 1.74 bits per heavy atom. The smallest absolute Gasteiger partial charge is 0.190 e. The third kappa shape index (κ3) is 4.18. The number of aliphatic hydroxyl groups is 2. The molecule has 178 valence electrons. The van der Waals surface area contributed by atoms with Gasteiger partial charge in [-0.05, 0) is 30.5 Å². The average molecular weight is 463 g/mol. The lowest BCUT2D eigenvalue weighted by atomic mass is 9.80. The monoisotopic (exact) mass is 462 g/mol. The van der Waals surface area contributed by atoms with Gasteiger partial charge in [-0.2, -0.15) is 0 Å². The van der Waals surface area contributed by atoms with Gasteiger partial charge in [-0.1, -0.05) is 91.0 Å². The summed E-state index contributed by atoms with van der Waals surface area (Å²) in [7, 11) is 0. The summed E-state index contributed by atoms with van der Waals surface area (Å²) < 4.78 is 24.0. The SMILES string of the molecule is CC1(C)O[C@H]2O[C@H]([C@@H](O)COC(c3ccccc3)(c3ccccc3)c3ccccc3)[C@H](O)[C@H]2O1. The van der Waals surface area contributed by atoms with Crippen molar-refractivity contribution in [3.05, 3.63) is 108 Å². The van der Waals surface area contributed by atoms with Crippen molar-refractivity contribution in [3.63, 3.8) is 0 Å². The van der Waals surface area contributed by atoms with Gasteiger partial charge in [0, 0.05) is 0 Å². The molecule has 2 saturated heterocycles. The van der Waals surface area contributed by atoms with Gasteiger partial charge in [-0.25, -0.2) is 0 Å². The van der Waals surface area contributed by atoms with Crippen molar-refractivity contribution in [1.82, 2.24) is 0 Å². The van der Waals surface area contributed by atoms with E-state index in [1.54, 1.807) is 13.8 Å². The summed E-state index contributed by atoms with van der Waals surface area (Å²) in [5.74, 6) is -0.841. The average Bonchev–Trinajstić information content (AvgIpc) is 3.33. The van der Waals surface area contributed by atoms with E-state index in [1.165, 1.54) is 0 Å². The number of ether oxygens (including phenoxy) is 4. The highest BCUT2D eigenvalue weighted by molar-refractivity contribution is 5.47. The highest BCUT2D eigenvalue weighted by atomic mass is 16.8. The van der Waals surface area contributed by atoms with Gasteiger partial charge in [0.1, 0.15) is 30.0 Å². The zero-order valence-electron chi connectivity index (χ0n) is 19.3. The molecule has 0 amide bonds. The number of fused-ring (bicyclic) bond motifs is 1. The first kappa shape index (κ1) is 23.2. The van der Waals surface area contributed by atoms with Gasteiger partial charge in [0.05, 0.1) is 6.61 Å². The molecular weight excluding hydrogens is 432 g/mol. The minimum Gasteiger partial charge on any atom is -0.388 e. The first-order valence-corrected chi connectivity index (χ1v) is 11.6. The Morgan fingerprint density at radius 1 is 0.824 bits per heavy atom. The van der Waals surface area contributed by atoms with Crippen LogP contribution in [0.3, 0.4) is 0 Å². The second kappa shape index (κ2) is 9.23. The quantitative estimate of drug-likeness (QED) is 0.523. The molecule has 2 fully saturated rings. The lowest BCUT2D eigenvalue weighted by Crippen LogP contribution is -2.45. The second-order valence-corrected chi connectivity index (χ2v) is 9.22. The number of hydrogen-bond acceptors (Lipinski definition) is 6. The van der Waals surface area contributed by atoms with Crippen LogP contribution in [0.1, 0.15) is 30.5 Å². The van der Waals surface area contributed by atoms with Crippen LogP contribution in [0.25, 0.3) is 0 Å². The Hall–Kier alpha value is -2.58. The number of hydrogen-bond donors (Lipinski definition) is 2. The van der Waals surface area contributed by atoms with Crippen molar-refractivity contribution in [2.24, 2.45) is 0 Å². The predicted octanol–water partition coefficient (Wildman–Crippen LogP) is 3.59. The van der Waals surface area contributed by atoms with Gasteiger partial charge in [-0.3, -0.25) is 0 Å². The third-order valence-electron chi connectivity index (χ3n) is 6.44. The second-order valence-electron chi connectivity index (χ2n) is 9.22. The standard InChI is InChI=1S/C28H30O6/c1-27(2)33-25-23(30)24(32-26(25)34-27)22(29)18-31-28(19-12-6-3-7-13-19,20-14-8-4-9-15-20)21-16-10-5-11-17-21/h3-17,22-26,29-30H,18H2,1-2H3/t22-,23-,24+,25+,26+/m0/s1. The van der Waals surface area contributed by atoms with Crippen LogP contribution < -0.4 is 0 Å². The van der Waals surface area contributed by atoms with Crippen LogP contribution in [0.4, 0.5) is 0 Å². The molecule has 5 atom stereocenters. The molecule has 3 aromatic rings. The fraction of sp³-hybridized carbons (Fsp3) is 0.357. The van der Waals surface area contributed by atoms with Crippen LogP contribution in [0.5, 0.6) is 0 Å². The van der Waals surface area contributed by atoms with Crippen molar-refractivity contribution < 1.29 is 29.2 Å². The lowest BCUT2D eigenvalue weighted by molar-refractivity contribution is -0.230. The Kier molecular flexibility index (Phi) is 6.29. The molecule has 2 heterocycles. The summed E-state index contributed by atoms with van der Waals surface area (Å²) in [6.45, 7) is 3.46. The van der Waals surface area contributed by atoms with E-state index in [-0.39, 0.29) is 6.61 Å². The van der Waals surface area contributed by atoms with Crippen LogP contribution >= 0.6 is 0 Å². The highest BCUT2D eigenvalue weighted by Gasteiger charge is 2.56. The molecule has 3 aromatic carbocycles. The van der Waals surface area contributed by atoms with Crippen molar-refractivity contribution in [2.45, 2.75) is 55.9 Å². The van der Waals surface area contributed by atoms with Gasteiger partial charge in [0.15, 0.2) is 12.1 Å². The molecule has 6 heteroatoms. The van der Waals surface area contributed by atoms with Crippen molar-refractivity contribution in [3.8, 4) is 0 Å². The minimum atomic E-state index is -1.11. The topological polar surface area (TPSA) is 77.4 Å². The maximum atomic E-state index is 11.1. The first-order valence-electron chi connectivity index (χ1n) is 11.6.